The summed E-state index contributed by atoms with van der Waals surface area (Å²) >= 11 is 0. The molecule has 0 saturated carbocycles. The highest BCUT2D eigenvalue weighted by atomic mass is 16.6. The lowest BCUT2D eigenvalue weighted by Crippen LogP contribution is -1.90. The van der Waals surface area contributed by atoms with Gasteiger partial charge in [-0.1, -0.05) is 0 Å². The maximum absolute atomic E-state index is 10.7. The molecule has 0 aliphatic heterocycles. The van der Waals surface area contributed by atoms with E-state index in [9.17, 15) is 15.2 Å². The van der Waals surface area contributed by atoms with Crippen molar-refractivity contribution >= 4 is 17.6 Å². The minimum Gasteiger partial charge on any atom is -0.508 e. The fourth-order valence-electron chi connectivity index (χ4n) is 1.59. The van der Waals surface area contributed by atoms with Crippen LogP contribution in [0.2, 0.25) is 0 Å². The summed E-state index contributed by atoms with van der Waals surface area (Å²) in [4.78, 5) is 14.4. The predicted molar refractivity (Wildman–Crippen MR) is 75.0 cm³/mol. The molecule has 102 valence electrons. The van der Waals surface area contributed by atoms with Gasteiger partial charge in [-0.2, -0.15) is 0 Å². The fourth-order valence-corrected chi connectivity index (χ4v) is 1.59. The fraction of sp³-hybridized carbons (Fsp3) is 0.0714. The highest BCUT2D eigenvalue weighted by molar-refractivity contribution is 5.83. The van der Waals surface area contributed by atoms with E-state index >= 15 is 0 Å². The number of nitrogens with zero attached hydrogens (tertiary/aromatic N) is 2. The molecule has 2 aromatic rings. The molecule has 0 heterocycles. The quantitative estimate of drug-likeness (QED) is 0.526. The first-order chi connectivity index (χ1) is 9.60. The largest absolute Gasteiger partial charge is 0.508 e. The number of rotatable bonds is 4. The number of phenols is 1. The molecule has 0 aromatic heterocycles. The second kappa shape index (κ2) is 5.83. The van der Waals surface area contributed by atoms with Gasteiger partial charge in [0, 0.05) is 12.3 Å². The highest BCUT2D eigenvalue weighted by Crippen LogP contribution is 2.31. The molecule has 0 bridgehead atoms. The predicted octanol–water partition coefficient (Wildman–Crippen LogP) is 3.06. The average Bonchev–Trinajstić information content (AvgIpc) is 2.46. The molecule has 0 aliphatic rings. The molecule has 0 saturated heterocycles. The van der Waals surface area contributed by atoms with Gasteiger partial charge in [0.25, 0.3) is 5.69 Å². The number of nitro benzene ring substituents is 1. The third kappa shape index (κ3) is 3.11. The maximum atomic E-state index is 10.7. The molecular weight excluding hydrogens is 260 g/mol. The van der Waals surface area contributed by atoms with E-state index in [1.165, 1.54) is 25.3 Å². The molecule has 0 fully saturated rings. The molecule has 0 unspecified atom stereocenters. The smallest absolute Gasteiger partial charge is 0.273 e. The monoisotopic (exact) mass is 272 g/mol. The van der Waals surface area contributed by atoms with Crippen LogP contribution in [0.1, 0.15) is 5.56 Å². The number of methoxy groups -OCH3 is 1. The van der Waals surface area contributed by atoms with E-state index in [0.717, 1.165) is 5.56 Å². The molecule has 2 aromatic carbocycles. The van der Waals surface area contributed by atoms with Crippen LogP contribution in [0.4, 0.5) is 11.4 Å². The molecule has 20 heavy (non-hydrogen) atoms. The van der Waals surface area contributed by atoms with E-state index in [4.69, 9.17) is 4.74 Å². The van der Waals surface area contributed by atoms with Gasteiger partial charge in [-0.3, -0.25) is 15.1 Å². The van der Waals surface area contributed by atoms with Gasteiger partial charge in [0.15, 0.2) is 5.75 Å². The second-order valence-corrected chi connectivity index (χ2v) is 3.96. The first-order valence-electron chi connectivity index (χ1n) is 5.75. The Bertz CT molecular complexity index is 651. The summed E-state index contributed by atoms with van der Waals surface area (Å²) in [6.07, 6.45) is 1.59. The van der Waals surface area contributed by atoms with Crippen molar-refractivity contribution in [2.45, 2.75) is 0 Å². The van der Waals surface area contributed by atoms with Crippen LogP contribution in [-0.2, 0) is 0 Å². The van der Waals surface area contributed by atoms with Crippen LogP contribution in [-0.4, -0.2) is 23.4 Å². The SMILES string of the molecule is COc1cc([N+](=O)[O-])ccc1N=Cc1ccc(O)cc1. The molecule has 2 rings (SSSR count). The Morgan fingerprint density at radius 3 is 2.55 bits per heavy atom. The number of phenolic OH excluding ortho intramolecular Hbond substituents is 1. The lowest BCUT2D eigenvalue weighted by atomic mass is 10.2. The van der Waals surface area contributed by atoms with Gasteiger partial charge in [-0.15, -0.1) is 0 Å². The van der Waals surface area contributed by atoms with Gasteiger partial charge in [0.05, 0.1) is 18.1 Å². The Morgan fingerprint density at radius 2 is 1.95 bits per heavy atom. The van der Waals surface area contributed by atoms with Crippen LogP contribution >= 0.6 is 0 Å². The van der Waals surface area contributed by atoms with Crippen molar-refractivity contribution in [1.29, 1.82) is 0 Å². The molecule has 0 atom stereocenters. The van der Waals surface area contributed by atoms with Gasteiger partial charge >= 0.3 is 0 Å². The number of non-ortho nitro benzene ring substituents is 1. The number of aliphatic imine (C=N–C) groups is 1. The Morgan fingerprint density at radius 1 is 1.25 bits per heavy atom. The lowest BCUT2D eigenvalue weighted by molar-refractivity contribution is -0.384. The zero-order chi connectivity index (χ0) is 14.5. The lowest BCUT2D eigenvalue weighted by Gasteiger charge is -2.03. The molecule has 0 aliphatic carbocycles. The molecule has 0 amide bonds. The molecule has 1 N–H and O–H groups in total. The second-order valence-electron chi connectivity index (χ2n) is 3.96. The number of benzene rings is 2. The van der Waals surface area contributed by atoms with Crippen molar-refractivity contribution < 1.29 is 14.8 Å². The Labute approximate surface area is 115 Å². The van der Waals surface area contributed by atoms with Gasteiger partial charge in [-0.05, 0) is 35.9 Å². The summed E-state index contributed by atoms with van der Waals surface area (Å²) in [6, 6.07) is 10.7. The number of hydrogen-bond donors (Lipinski definition) is 1. The minimum atomic E-state index is -0.490. The van der Waals surface area contributed by atoms with E-state index in [0.29, 0.717) is 11.4 Å². The maximum Gasteiger partial charge on any atom is 0.273 e. The van der Waals surface area contributed by atoms with Crippen LogP contribution < -0.4 is 4.74 Å². The zero-order valence-electron chi connectivity index (χ0n) is 10.7. The third-order valence-corrected chi connectivity index (χ3v) is 2.62. The summed E-state index contributed by atoms with van der Waals surface area (Å²) in [5, 5.41) is 19.9. The number of nitro groups is 1. The van der Waals surface area contributed by atoms with E-state index < -0.39 is 4.92 Å². The van der Waals surface area contributed by atoms with Crippen molar-refractivity contribution in [2.75, 3.05) is 7.11 Å². The van der Waals surface area contributed by atoms with Crippen molar-refractivity contribution in [3.05, 3.63) is 58.1 Å². The van der Waals surface area contributed by atoms with Gasteiger partial charge in [-0.25, -0.2) is 0 Å². The highest BCUT2D eigenvalue weighted by Gasteiger charge is 2.10. The summed E-state index contributed by atoms with van der Waals surface area (Å²) in [7, 11) is 1.43. The normalized spacial score (nSPS) is 10.7. The van der Waals surface area contributed by atoms with Crippen LogP contribution in [0.25, 0.3) is 0 Å². The molecule has 0 radical (unpaired) electrons. The third-order valence-electron chi connectivity index (χ3n) is 2.62. The van der Waals surface area contributed by atoms with Crippen LogP contribution in [0.5, 0.6) is 11.5 Å². The average molecular weight is 272 g/mol. The summed E-state index contributed by atoms with van der Waals surface area (Å²) in [5.74, 6) is 0.504. The van der Waals surface area contributed by atoms with Crippen molar-refractivity contribution in [1.82, 2.24) is 0 Å². The van der Waals surface area contributed by atoms with Crippen LogP contribution in [0, 0.1) is 10.1 Å². The zero-order valence-corrected chi connectivity index (χ0v) is 10.7. The number of hydrogen-bond acceptors (Lipinski definition) is 5. The van der Waals surface area contributed by atoms with Crippen molar-refractivity contribution in [3.8, 4) is 11.5 Å². The van der Waals surface area contributed by atoms with Crippen LogP contribution in [0.3, 0.4) is 0 Å². The van der Waals surface area contributed by atoms with E-state index in [1.54, 1.807) is 30.5 Å². The van der Waals surface area contributed by atoms with E-state index in [-0.39, 0.29) is 11.4 Å². The van der Waals surface area contributed by atoms with Gasteiger partial charge in [0.1, 0.15) is 11.4 Å². The molecule has 6 nitrogen and oxygen atoms in total. The summed E-state index contributed by atoms with van der Waals surface area (Å²) in [6.45, 7) is 0. The van der Waals surface area contributed by atoms with Crippen LogP contribution in [0.15, 0.2) is 47.5 Å². The van der Waals surface area contributed by atoms with Gasteiger partial charge in [0.2, 0.25) is 0 Å². The first kappa shape index (κ1) is 13.5. The van der Waals surface area contributed by atoms with E-state index in [1.807, 2.05) is 0 Å². The summed E-state index contributed by atoms with van der Waals surface area (Å²) < 4.78 is 5.09. The van der Waals surface area contributed by atoms with Crippen molar-refractivity contribution in [3.63, 3.8) is 0 Å². The summed E-state index contributed by atoms with van der Waals surface area (Å²) in [5.41, 5.74) is 1.24. The number of ether oxygens (including phenoxy) is 1. The van der Waals surface area contributed by atoms with E-state index in [2.05, 4.69) is 4.99 Å². The van der Waals surface area contributed by atoms with Gasteiger partial charge < -0.3 is 9.84 Å². The molecular formula is C14H12N2O4. The Hall–Kier alpha value is -2.89. The standard InChI is InChI=1S/C14H12N2O4/c1-20-14-8-11(16(18)19)4-7-13(14)15-9-10-2-5-12(17)6-3-10/h2-9,17H,1H3. The van der Waals surface area contributed by atoms with Crippen molar-refractivity contribution in [2.24, 2.45) is 4.99 Å². The topological polar surface area (TPSA) is 85.0 Å². The Balaban J connectivity index is 2.28. The molecule has 0 spiro atoms. The first-order valence-corrected chi connectivity index (χ1v) is 5.75. The minimum absolute atomic E-state index is 0.0505. The molecule has 6 heteroatoms. The Kier molecular flexibility index (Phi) is 3.95. The number of aromatic hydroxyl groups is 1.